The van der Waals surface area contributed by atoms with Gasteiger partial charge in [0.25, 0.3) is 0 Å². The van der Waals surface area contributed by atoms with Crippen molar-refractivity contribution in [1.82, 2.24) is 14.9 Å². The molecular weight excluding hydrogens is 546 g/mol. The van der Waals surface area contributed by atoms with E-state index in [4.69, 9.17) is 24.2 Å². The minimum atomic E-state index is -0.663. The third kappa shape index (κ3) is 5.96. The number of esters is 1. The van der Waals surface area contributed by atoms with E-state index in [1.54, 1.807) is 12.0 Å². The van der Waals surface area contributed by atoms with Crippen molar-refractivity contribution in [1.29, 1.82) is 0 Å². The highest BCUT2D eigenvalue weighted by atomic mass is 16.5. The summed E-state index contributed by atoms with van der Waals surface area (Å²) in [4.78, 5) is 51.4. The predicted octanol–water partition coefficient (Wildman–Crippen LogP) is 5.17. The third-order valence-corrected chi connectivity index (χ3v) is 10.4. The average Bonchev–Trinajstić information content (AvgIpc) is 3.56. The maximum absolute atomic E-state index is 14.2. The molecule has 1 amide bonds. The number of benzene rings is 1. The van der Waals surface area contributed by atoms with E-state index in [-0.39, 0.29) is 36.9 Å². The average molecular weight is 592 g/mol. The van der Waals surface area contributed by atoms with E-state index in [1.165, 1.54) is 0 Å². The van der Waals surface area contributed by atoms with Gasteiger partial charge < -0.3 is 23.9 Å². The number of hydrogen-bond acceptors (Lipinski definition) is 8. The third-order valence-electron chi connectivity index (χ3n) is 10.4. The molecule has 1 aromatic heterocycles. The van der Waals surface area contributed by atoms with E-state index >= 15 is 0 Å². The van der Waals surface area contributed by atoms with Crippen LogP contribution in [0.25, 0.3) is 11.0 Å². The summed E-state index contributed by atoms with van der Waals surface area (Å²) in [6.45, 7) is 8.08. The first-order valence-electron chi connectivity index (χ1n) is 16.0. The molecule has 0 unspecified atom stereocenters. The molecule has 6 rings (SSSR count). The zero-order chi connectivity index (χ0) is 30.5. The largest absolute Gasteiger partial charge is 0.497 e. The minimum absolute atomic E-state index is 0.00700. The van der Waals surface area contributed by atoms with Crippen LogP contribution in [0.15, 0.2) is 18.2 Å². The van der Waals surface area contributed by atoms with Gasteiger partial charge in [-0.15, -0.1) is 0 Å². The van der Waals surface area contributed by atoms with Crippen LogP contribution in [0.4, 0.5) is 0 Å². The number of ether oxygens (including phenoxy) is 3. The first-order valence-corrected chi connectivity index (χ1v) is 16.0. The van der Waals surface area contributed by atoms with Crippen molar-refractivity contribution >= 4 is 29.2 Å². The van der Waals surface area contributed by atoms with Gasteiger partial charge in [0.2, 0.25) is 11.8 Å². The second kappa shape index (κ2) is 11.7. The molecule has 8 atom stereocenters. The van der Waals surface area contributed by atoms with Crippen LogP contribution in [0.5, 0.6) is 11.6 Å². The molecule has 9 nitrogen and oxygen atoms in total. The minimum Gasteiger partial charge on any atom is -0.497 e. The lowest BCUT2D eigenvalue weighted by molar-refractivity contribution is -0.158. The molecule has 1 aromatic carbocycles. The number of nitrogens with zero attached hydrogens (tertiary/aromatic N) is 3. The van der Waals surface area contributed by atoms with Crippen molar-refractivity contribution < 1.29 is 28.6 Å². The van der Waals surface area contributed by atoms with Crippen molar-refractivity contribution in [2.45, 2.75) is 97.3 Å². The molecule has 2 aliphatic carbocycles. The number of methoxy groups -OCH3 is 1. The zero-order valence-corrected chi connectivity index (χ0v) is 26.1. The molecule has 3 heterocycles. The lowest BCUT2D eigenvalue weighted by atomic mass is 9.77. The maximum atomic E-state index is 14.2. The van der Waals surface area contributed by atoms with Crippen molar-refractivity contribution in [3.8, 4) is 11.6 Å². The fraction of sp³-hybridized carbons (Fsp3) is 0.676. The first-order chi connectivity index (χ1) is 20.6. The van der Waals surface area contributed by atoms with Gasteiger partial charge in [-0.2, -0.15) is 0 Å². The highest BCUT2D eigenvalue weighted by molar-refractivity contribution is 5.87. The Bertz CT molecular complexity index is 1390. The molecule has 0 N–H and O–H groups in total. The summed E-state index contributed by atoms with van der Waals surface area (Å²) < 4.78 is 18.1. The highest BCUT2D eigenvalue weighted by Crippen LogP contribution is 2.57. The molecule has 2 aromatic rings. The van der Waals surface area contributed by atoms with Gasteiger partial charge in [0.05, 0.1) is 43.1 Å². The van der Waals surface area contributed by atoms with Gasteiger partial charge in [-0.1, -0.05) is 40.5 Å². The summed E-state index contributed by atoms with van der Waals surface area (Å²) in [5.41, 5.74) is 1.73. The molecule has 0 spiro atoms. The first kappa shape index (κ1) is 29.8. The van der Waals surface area contributed by atoms with Crippen molar-refractivity contribution in [3.05, 3.63) is 23.9 Å². The smallest absolute Gasteiger partial charge is 0.306 e. The van der Waals surface area contributed by atoms with Gasteiger partial charge in [0, 0.05) is 12.0 Å². The number of rotatable bonds is 2. The number of fused-ring (bicyclic) bond motifs is 7. The molecule has 0 radical (unpaired) electrons. The van der Waals surface area contributed by atoms with Crippen molar-refractivity contribution in [2.75, 3.05) is 13.7 Å². The normalized spacial score (nSPS) is 33.4. The molecule has 43 heavy (non-hydrogen) atoms. The Hall–Kier alpha value is -3.23. The van der Waals surface area contributed by atoms with E-state index in [1.807, 2.05) is 45.9 Å². The summed E-state index contributed by atoms with van der Waals surface area (Å²) >= 11 is 0. The molecule has 1 saturated heterocycles. The molecule has 2 bridgehead atoms. The van der Waals surface area contributed by atoms with Crippen LogP contribution in [0.1, 0.15) is 78.3 Å². The number of aromatic nitrogens is 2. The lowest BCUT2D eigenvalue weighted by Gasteiger charge is -2.34. The SMILES string of the molecule is COc1ccc2nc3c(nc2c1)O[C@H]1CN(C(=O)[C@H](C(C)(C)C)CC(=O)O[C@H]2[C@H](CCCCC3)C[C@@H]3C[C@@H]32)[C@H](C=O)[C@@H]1C. The zero-order valence-electron chi connectivity index (χ0n) is 26.1. The lowest BCUT2D eigenvalue weighted by Crippen LogP contribution is -2.46. The standard InChI is InChI=1S/C34H45N3O6/c1-19-28(18-38)37-17-29(19)42-32-26(35-25-12-11-22(41-5)15-27(25)36-32)10-8-6-7-9-20-13-21-14-23(21)31(20)43-30(39)16-24(33(37)40)34(2,3)4/h11-12,15,18-21,23-24,28-29,31H,6-10,13-14,16-17H2,1-5H3/t19-,20+,21+,23-,24+,28+,29-,31-/m0/s1. The van der Waals surface area contributed by atoms with Crippen LogP contribution < -0.4 is 9.47 Å². The van der Waals surface area contributed by atoms with Gasteiger partial charge >= 0.3 is 5.97 Å². The summed E-state index contributed by atoms with van der Waals surface area (Å²) in [6.07, 6.45) is 7.39. The Labute approximate surface area is 254 Å². The summed E-state index contributed by atoms with van der Waals surface area (Å²) in [7, 11) is 1.62. The van der Waals surface area contributed by atoms with E-state index < -0.39 is 23.5 Å². The van der Waals surface area contributed by atoms with Crippen molar-refractivity contribution in [2.24, 2.45) is 35.0 Å². The number of carbonyl (C=O) groups excluding carboxylic acids is 3. The fourth-order valence-electron chi connectivity index (χ4n) is 7.64. The number of amides is 1. The van der Waals surface area contributed by atoms with Gasteiger partial charge in [-0.25, -0.2) is 9.97 Å². The summed E-state index contributed by atoms with van der Waals surface area (Å²) in [5.74, 6) is 1.25. The number of hydrogen-bond donors (Lipinski definition) is 0. The molecule has 9 heteroatoms. The van der Waals surface area contributed by atoms with Crippen molar-refractivity contribution in [3.63, 3.8) is 0 Å². The monoisotopic (exact) mass is 591 g/mol. The topological polar surface area (TPSA) is 108 Å². The molecule has 232 valence electrons. The van der Waals surface area contributed by atoms with Crippen LogP contribution >= 0.6 is 0 Å². The second-order valence-corrected chi connectivity index (χ2v) is 14.3. The molecule has 4 aliphatic rings. The summed E-state index contributed by atoms with van der Waals surface area (Å²) in [5, 5.41) is 0. The molecule has 3 fully saturated rings. The summed E-state index contributed by atoms with van der Waals surface area (Å²) in [6, 6.07) is 4.97. The van der Waals surface area contributed by atoms with E-state index in [2.05, 4.69) is 0 Å². The Balaban J connectivity index is 1.34. The number of carbonyl (C=O) groups is 3. The Kier molecular flexibility index (Phi) is 8.11. The Morgan fingerprint density at radius 1 is 1.02 bits per heavy atom. The van der Waals surface area contributed by atoms with Gasteiger partial charge in [-0.3, -0.25) is 9.59 Å². The van der Waals surface area contributed by atoms with E-state index in [0.717, 1.165) is 56.0 Å². The van der Waals surface area contributed by atoms with Crippen LogP contribution in [0.3, 0.4) is 0 Å². The van der Waals surface area contributed by atoms with Crippen LogP contribution in [0, 0.1) is 35.0 Å². The number of aldehydes is 1. The predicted molar refractivity (Wildman–Crippen MR) is 161 cm³/mol. The quantitative estimate of drug-likeness (QED) is 0.348. The fourth-order valence-corrected chi connectivity index (χ4v) is 7.64. The van der Waals surface area contributed by atoms with E-state index in [9.17, 15) is 14.4 Å². The van der Waals surface area contributed by atoms with Crippen LogP contribution in [-0.2, 0) is 25.5 Å². The second-order valence-electron chi connectivity index (χ2n) is 14.3. The van der Waals surface area contributed by atoms with Crippen LogP contribution in [-0.4, -0.2) is 64.9 Å². The van der Waals surface area contributed by atoms with Gasteiger partial charge in [-0.05, 0) is 67.4 Å². The van der Waals surface area contributed by atoms with E-state index in [0.29, 0.717) is 41.3 Å². The molecular formula is C34H45N3O6. The van der Waals surface area contributed by atoms with Gasteiger partial charge in [0.15, 0.2) is 0 Å². The Morgan fingerprint density at radius 2 is 1.84 bits per heavy atom. The van der Waals surface area contributed by atoms with Crippen LogP contribution in [0.2, 0.25) is 0 Å². The van der Waals surface area contributed by atoms with Gasteiger partial charge in [0.1, 0.15) is 29.9 Å². The molecule has 2 aliphatic heterocycles. The highest BCUT2D eigenvalue weighted by Gasteiger charge is 2.55. The Morgan fingerprint density at radius 3 is 2.58 bits per heavy atom. The molecule has 2 saturated carbocycles. The maximum Gasteiger partial charge on any atom is 0.306 e. The number of aryl methyl sites for hydroxylation is 1.